The molecule has 0 saturated carbocycles. The molecular formula is C20H19ClN2O4. The summed E-state index contributed by atoms with van der Waals surface area (Å²) in [6.07, 6.45) is -0.897. The number of ether oxygens (including phenoxy) is 2. The Morgan fingerprint density at radius 2 is 1.81 bits per heavy atom. The minimum absolute atomic E-state index is 0.322. The average molecular weight is 387 g/mol. The van der Waals surface area contributed by atoms with Crippen LogP contribution in [0.1, 0.15) is 31.0 Å². The lowest BCUT2D eigenvalue weighted by Gasteiger charge is -2.17. The molecule has 6 nitrogen and oxygen atoms in total. The summed E-state index contributed by atoms with van der Waals surface area (Å²) in [5, 5.41) is 12.0. The quantitative estimate of drug-likeness (QED) is 0.737. The first-order valence-electron chi connectivity index (χ1n) is 8.28. The van der Waals surface area contributed by atoms with Crippen LogP contribution in [0.5, 0.6) is 5.75 Å². The van der Waals surface area contributed by atoms with Gasteiger partial charge in [-0.15, -0.1) is 0 Å². The van der Waals surface area contributed by atoms with Crippen molar-refractivity contribution in [2.75, 3.05) is 6.61 Å². The summed E-state index contributed by atoms with van der Waals surface area (Å²) in [5.74, 6) is -0.684. The molecule has 2 rings (SSSR count). The second-order valence-electron chi connectivity index (χ2n) is 5.81. The number of rotatable bonds is 7. The number of hydrogen-bond acceptors (Lipinski definition) is 5. The fraction of sp³-hybridized carbons (Fsp3) is 0.250. The third kappa shape index (κ3) is 6.01. The van der Waals surface area contributed by atoms with Crippen LogP contribution >= 0.6 is 11.6 Å². The molecule has 0 aliphatic rings. The smallest absolute Gasteiger partial charge is 0.347 e. The highest BCUT2D eigenvalue weighted by atomic mass is 35.5. The van der Waals surface area contributed by atoms with Gasteiger partial charge < -0.3 is 14.8 Å². The van der Waals surface area contributed by atoms with Crippen molar-refractivity contribution in [3.8, 4) is 11.8 Å². The molecule has 0 aromatic heterocycles. The number of amides is 1. The van der Waals surface area contributed by atoms with E-state index in [0.717, 1.165) is 5.56 Å². The van der Waals surface area contributed by atoms with Crippen LogP contribution < -0.4 is 10.1 Å². The van der Waals surface area contributed by atoms with Gasteiger partial charge in [-0.25, -0.2) is 4.79 Å². The second-order valence-corrected chi connectivity index (χ2v) is 6.22. The molecule has 2 atom stereocenters. The van der Waals surface area contributed by atoms with Crippen molar-refractivity contribution in [3.63, 3.8) is 0 Å². The van der Waals surface area contributed by atoms with E-state index in [1.165, 1.54) is 6.92 Å². The van der Waals surface area contributed by atoms with E-state index in [4.69, 9.17) is 26.3 Å². The van der Waals surface area contributed by atoms with Crippen molar-refractivity contribution in [1.29, 1.82) is 5.26 Å². The van der Waals surface area contributed by atoms with Gasteiger partial charge in [-0.2, -0.15) is 5.26 Å². The molecule has 2 aromatic rings. The molecule has 1 N–H and O–H groups in total. The Balaban J connectivity index is 1.80. The van der Waals surface area contributed by atoms with E-state index < -0.39 is 24.6 Å². The Morgan fingerprint density at radius 1 is 1.15 bits per heavy atom. The Kier molecular flexibility index (Phi) is 7.21. The fourth-order valence-corrected chi connectivity index (χ4v) is 2.60. The summed E-state index contributed by atoms with van der Waals surface area (Å²) < 4.78 is 10.4. The Hall–Kier alpha value is -3.04. The monoisotopic (exact) mass is 386 g/mol. The molecule has 0 heterocycles. The summed E-state index contributed by atoms with van der Waals surface area (Å²) >= 11 is 6.10. The highest BCUT2D eigenvalue weighted by molar-refractivity contribution is 6.31. The molecule has 0 bridgehead atoms. The van der Waals surface area contributed by atoms with E-state index in [-0.39, 0.29) is 6.04 Å². The van der Waals surface area contributed by atoms with Gasteiger partial charge in [0.2, 0.25) is 0 Å². The van der Waals surface area contributed by atoms with Gasteiger partial charge in [0.15, 0.2) is 12.7 Å². The molecule has 0 fully saturated rings. The predicted molar refractivity (Wildman–Crippen MR) is 100 cm³/mol. The normalized spacial score (nSPS) is 12.4. The van der Waals surface area contributed by atoms with Crippen molar-refractivity contribution in [2.24, 2.45) is 0 Å². The lowest BCUT2D eigenvalue weighted by atomic mass is 10.1. The van der Waals surface area contributed by atoms with Gasteiger partial charge in [-0.3, -0.25) is 4.79 Å². The molecule has 0 spiro atoms. The number of halogens is 1. The molecular weight excluding hydrogens is 368 g/mol. The highest BCUT2D eigenvalue weighted by Gasteiger charge is 2.19. The standard InChI is InChI=1S/C20H19ClN2O4/c1-13(17-5-3-4-6-18(17)21)23-19(24)12-26-20(25)14(2)27-16-9-7-15(11-22)8-10-16/h3-10,13-14H,12H2,1-2H3,(H,23,24)/t13-,14-/m1/s1. The first kappa shape index (κ1) is 20.3. The molecule has 1 amide bonds. The summed E-state index contributed by atoms with van der Waals surface area (Å²) in [4.78, 5) is 24.0. The Labute approximate surface area is 162 Å². The van der Waals surface area contributed by atoms with E-state index in [9.17, 15) is 9.59 Å². The van der Waals surface area contributed by atoms with Crippen LogP contribution in [0.4, 0.5) is 0 Å². The number of hydrogen-bond donors (Lipinski definition) is 1. The van der Waals surface area contributed by atoms with Crippen LogP contribution in [-0.4, -0.2) is 24.6 Å². The predicted octanol–water partition coefficient (Wildman–Crippen LogP) is 3.40. The molecule has 0 saturated heterocycles. The first-order chi connectivity index (χ1) is 12.9. The van der Waals surface area contributed by atoms with E-state index in [1.807, 2.05) is 18.2 Å². The third-order valence-electron chi connectivity index (χ3n) is 3.72. The maximum Gasteiger partial charge on any atom is 0.347 e. The van der Waals surface area contributed by atoms with Gasteiger partial charge in [0.05, 0.1) is 17.7 Å². The summed E-state index contributed by atoms with van der Waals surface area (Å²) in [6.45, 7) is 2.89. The largest absolute Gasteiger partial charge is 0.479 e. The zero-order valence-electron chi connectivity index (χ0n) is 14.9. The molecule has 0 unspecified atom stereocenters. The fourth-order valence-electron chi connectivity index (χ4n) is 2.30. The zero-order chi connectivity index (χ0) is 19.8. The van der Waals surface area contributed by atoms with Crippen molar-refractivity contribution >= 4 is 23.5 Å². The molecule has 0 radical (unpaired) electrons. The minimum atomic E-state index is -0.897. The second kappa shape index (κ2) is 9.60. The van der Waals surface area contributed by atoms with Gasteiger partial charge in [0, 0.05) is 5.02 Å². The van der Waals surface area contributed by atoms with E-state index in [0.29, 0.717) is 16.3 Å². The van der Waals surface area contributed by atoms with E-state index >= 15 is 0 Å². The molecule has 27 heavy (non-hydrogen) atoms. The van der Waals surface area contributed by atoms with Crippen molar-refractivity contribution in [2.45, 2.75) is 26.0 Å². The number of benzene rings is 2. The maximum absolute atomic E-state index is 12.0. The number of nitrogens with one attached hydrogen (secondary N) is 1. The Morgan fingerprint density at radius 3 is 2.44 bits per heavy atom. The number of carbonyl (C=O) groups excluding carboxylic acids is 2. The number of esters is 1. The topological polar surface area (TPSA) is 88.4 Å². The molecule has 7 heteroatoms. The van der Waals surface area contributed by atoms with Gasteiger partial charge in [0.25, 0.3) is 5.91 Å². The third-order valence-corrected chi connectivity index (χ3v) is 4.07. The van der Waals surface area contributed by atoms with E-state index in [2.05, 4.69) is 5.32 Å². The molecule has 140 valence electrons. The highest BCUT2D eigenvalue weighted by Crippen LogP contribution is 2.22. The molecule has 2 aromatic carbocycles. The molecule has 0 aliphatic heterocycles. The number of nitriles is 1. The lowest BCUT2D eigenvalue weighted by Crippen LogP contribution is -2.34. The minimum Gasteiger partial charge on any atom is -0.479 e. The van der Waals surface area contributed by atoms with Crippen LogP contribution in [0, 0.1) is 11.3 Å². The molecule has 0 aliphatic carbocycles. The van der Waals surface area contributed by atoms with Crippen LogP contribution in [0.15, 0.2) is 48.5 Å². The maximum atomic E-state index is 12.0. The van der Waals surface area contributed by atoms with Crippen LogP contribution in [-0.2, 0) is 14.3 Å². The van der Waals surface area contributed by atoms with Crippen LogP contribution in [0.3, 0.4) is 0 Å². The lowest BCUT2D eigenvalue weighted by molar-refractivity contribution is -0.154. The summed E-state index contributed by atoms with van der Waals surface area (Å²) in [5.41, 5.74) is 1.26. The number of carbonyl (C=O) groups is 2. The summed E-state index contributed by atoms with van der Waals surface area (Å²) in [7, 11) is 0. The van der Waals surface area contributed by atoms with Gasteiger partial charge in [0.1, 0.15) is 5.75 Å². The van der Waals surface area contributed by atoms with Gasteiger partial charge in [-0.1, -0.05) is 29.8 Å². The van der Waals surface area contributed by atoms with Gasteiger partial charge in [-0.05, 0) is 49.7 Å². The van der Waals surface area contributed by atoms with Crippen molar-refractivity contribution < 1.29 is 19.1 Å². The van der Waals surface area contributed by atoms with Crippen LogP contribution in [0.25, 0.3) is 0 Å². The van der Waals surface area contributed by atoms with E-state index in [1.54, 1.807) is 43.3 Å². The average Bonchev–Trinajstić information content (AvgIpc) is 2.66. The van der Waals surface area contributed by atoms with Gasteiger partial charge >= 0.3 is 5.97 Å². The summed E-state index contributed by atoms with van der Waals surface area (Å²) in [6, 6.07) is 15.2. The van der Waals surface area contributed by atoms with Crippen molar-refractivity contribution in [3.05, 3.63) is 64.7 Å². The van der Waals surface area contributed by atoms with Crippen molar-refractivity contribution in [1.82, 2.24) is 5.32 Å². The number of nitrogens with zero attached hydrogens (tertiary/aromatic N) is 1. The van der Waals surface area contributed by atoms with Crippen LogP contribution in [0.2, 0.25) is 5.02 Å². The zero-order valence-corrected chi connectivity index (χ0v) is 15.7. The Bertz CT molecular complexity index is 846. The first-order valence-corrected chi connectivity index (χ1v) is 8.65. The SMILES string of the molecule is C[C@@H](Oc1ccc(C#N)cc1)C(=O)OCC(=O)N[C@H](C)c1ccccc1Cl.